The van der Waals surface area contributed by atoms with Crippen LogP contribution in [0.4, 0.5) is 20.3 Å². The Morgan fingerprint density at radius 1 is 1.17 bits per heavy atom. The van der Waals surface area contributed by atoms with E-state index in [2.05, 4.69) is 9.97 Å². The topological polar surface area (TPSA) is 38.2 Å². The molecule has 0 saturated heterocycles. The molecule has 0 amide bonds. The fourth-order valence-corrected chi connectivity index (χ4v) is 2.66. The zero-order valence-corrected chi connectivity index (χ0v) is 13.8. The lowest BCUT2D eigenvalue weighted by atomic mass is 10.2. The van der Waals surface area contributed by atoms with Gasteiger partial charge in [-0.25, -0.2) is 13.8 Å². The van der Waals surface area contributed by atoms with Gasteiger partial charge in [-0.1, -0.05) is 23.7 Å². The van der Waals surface area contributed by atoms with Crippen LogP contribution in [-0.4, -0.2) is 23.6 Å². The number of hydrogen-bond donors (Lipinski definition) is 0. The van der Waals surface area contributed by atoms with Crippen molar-refractivity contribution < 1.29 is 13.5 Å². The average Bonchev–Trinajstić information content (AvgIpc) is 2.62. The van der Waals surface area contributed by atoms with Crippen LogP contribution in [0.2, 0.25) is 5.02 Å². The summed E-state index contributed by atoms with van der Waals surface area (Å²) in [5, 5.41) is -0.389. The van der Waals surface area contributed by atoms with E-state index in [9.17, 15) is 8.78 Å². The number of anilines is 2. The molecule has 0 unspecified atom stereocenters. The summed E-state index contributed by atoms with van der Waals surface area (Å²) in [6.45, 7) is 2.16. The van der Waals surface area contributed by atoms with Crippen LogP contribution in [0.15, 0.2) is 36.5 Å². The average molecular weight is 350 g/mol. The number of methoxy groups -OCH3 is 1. The van der Waals surface area contributed by atoms with Crippen molar-refractivity contribution in [3.8, 4) is 5.75 Å². The Bertz CT molecular complexity index is 904. The van der Waals surface area contributed by atoms with Gasteiger partial charge < -0.3 is 9.64 Å². The minimum absolute atomic E-state index is 0.0131. The summed E-state index contributed by atoms with van der Waals surface area (Å²) in [5.74, 6) is -1.76. The first-order valence-electron chi connectivity index (χ1n) is 7.27. The second kappa shape index (κ2) is 6.57. The molecule has 2 aromatic carbocycles. The normalized spacial score (nSPS) is 10.9. The number of rotatable bonds is 4. The molecule has 0 atom stereocenters. The number of aromatic nitrogens is 2. The molecule has 0 bridgehead atoms. The van der Waals surface area contributed by atoms with Crippen LogP contribution < -0.4 is 9.64 Å². The van der Waals surface area contributed by atoms with E-state index in [4.69, 9.17) is 16.3 Å². The number of benzene rings is 2. The maximum atomic E-state index is 14.4. The largest absolute Gasteiger partial charge is 0.495 e. The van der Waals surface area contributed by atoms with E-state index in [1.54, 1.807) is 13.0 Å². The third-order valence-electron chi connectivity index (χ3n) is 3.63. The summed E-state index contributed by atoms with van der Waals surface area (Å²) in [7, 11) is 1.34. The van der Waals surface area contributed by atoms with Gasteiger partial charge >= 0.3 is 0 Å². The molecule has 3 rings (SSSR count). The van der Waals surface area contributed by atoms with E-state index < -0.39 is 11.6 Å². The van der Waals surface area contributed by atoms with E-state index in [1.165, 1.54) is 24.3 Å². The van der Waals surface area contributed by atoms with Gasteiger partial charge in [0.2, 0.25) is 0 Å². The molecule has 4 nitrogen and oxygen atoms in total. The van der Waals surface area contributed by atoms with E-state index in [1.807, 2.05) is 18.2 Å². The fraction of sp³-hybridized carbons (Fsp3) is 0.176. The fourth-order valence-electron chi connectivity index (χ4n) is 2.45. The number of nitrogens with zero attached hydrogens (tertiary/aromatic N) is 3. The van der Waals surface area contributed by atoms with Crippen molar-refractivity contribution in [2.24, 2.45) is 0 Å². The molecule has 0 N–H and O–H groups in total. The van der Waals surface area contributed by atoms with Gasteiger partial charge in [-0.2, -0.15) is 0 Å². The monoisotopic (exact) mass is 349 g/mol. The minimum atomic E-state index is -1.15. The Kier molecular flexibility index (Phi) is 4.49. The molecule has 0 fully saturated rings. The minimum Gasteiger partial charge on any atom is -0.495 e. The van der Waals surface area contributed by atoms with Gasteiger partial charge in [0.25, 0.3) is 0 Å². The first-order valence-corrected chi connectivity index (χ1v) is 7.65. The van der Waals surface area contributed by atoms with Crippen LogP contribution >= 0.6 is 11.6 Å². The molecule has 24 heavy (non-hydrogen) atoms. The SMILES string of the molecule is CCN(c1cnc2ccccc2n1)c1cc(OC)c(Cl)c(F)c1F. The maximum Gasteiger partial charge on any atom is 0.184 e. The molecule has 1 heterocycles. The van der Waals surface area contributed by atoms with Crippen molar-refractivity contribution in [3.05, 3.63) is 53.2 Å². The predicted octanol–water partition coefficient (Wildman–Crippen LogP) is 4.73. The number of halogens is 3. The predicted molar refractivity (Wildman–Crippen MR) is 90.1 cm³/mol. The van der Waals surface area contributed by atoms with Crippen molar-refractivity contribution >= 4 is 34.1 Å². The zero-order chi connectivity index (χ0) is 17.3. The summed E-state index contributed by atoms with van der Waals surface area (Å²) in [4.78, 5) is 10.3. The van der Waals surface area contributed by atoms with E-state index in [-0.39, 0.29) is 16.5 Å². The molecular weight excluding hydrogens is 336 g/mol. The molecule has 1 aromatic heterocycles. The number of para-hydroxylation sites is 2. The quantitative estimate of drug-likeness (QED) is 0.638. The Morgan fingerprint density at radius 3 is 2.54 bits per heavy atom. The third-order valence-corrected chi connectivity index (χ3v) is 3.99. The Morgan fingerprint density at radius 2 is 1.88 bits per heavy atom. The lowest BCUT2D eigenvalue weighted by Crippen LogP contribution is -2.20. The van der Waals surface area contributed by atoms with E-state index >= 15 is 0 Å². The van der Waals surface area contributed by atoms with Gasteiger partial charge in [0.15, 0.2) is 17.5 Å². The smallest absolute Gasteiger partial charge is 0.184 e. The zero-order valence-electron chi connectivity index (χ0n) is 13.1. The molecule has 0 radical (unpaired) electrons. The molecule has 3 aromatic rings. The molecule has 0 aliphatic carbocycles. The van der Waals surface area contributed by atoms with E-state index in [0.29, 0.717) is 17.9 Å². The van der Waals surface area contributed by atoms with Gasteiger partial charge in [-0.15, -0.1) is 0 Å². The Balaban J connectivity index is 2.15. The van der Waals surface area contributed by atoms with Crippen LogP contribution in [0.25, 0.3) is 11.0 Å². The number of ether oxygens (including phenoxy) is 1. The van der Waals surface area contributed by atoms with Crippen molar-refractivity contribution in [1.82, 2.24) is 9.97 Å². The lowest BCUT2D eigenvalue weighted by Gasteiger charge is -2.23. The van der Waals surface area contributed by atoms with Crippen molar-refractivity contribution in [2.45, 2.75) is 6.92 Å². The summed E-state index contributed by atoms with van der Waals surface area (Å²) < 4.78 is 33.5. The lowest BCUT2D eigenvalue weighted by molar-refractivity contribution is 0.407. The summed E-state index contributed by atoms with van der Waals surface area (Å²) >= 11 is 5.76. The standard InChI is InChI=1S/C17H14ClF2N3O/c1-3-23(12-8-13(24-2)15(18)17(20)16(12)19)14-9-21-10-6-4-5-7-11(10)22-14/h4-9H,3H2,1-2H3. The maximum absolute atomic E-state index is 14.4. The summed E-state index contributed by atoms with van der Waals surface area (Å²) in [6, 6.07) is 8.67. The molecule has 124 valence electrons. The van der Waals surface area contributed by atoms with Crippen molar-refractivity contribution in [3.63, 3.8) is 0 Å². The van der Waals surface area contributed by atoms with E-state index in [0.717, 1.165) is 5.52 Å². The summed E-state index contributed by atoms with van der Waals surface area (Å²) in [6.07, 6.45) is 1.52. The second-order valence-corrected chi connectivity index (χ2v) is 5.38. The van der Waals surface area contributed by atoms with Crippen molar-refractivity contribution in [2.75, 3.05) is 18.6 Å². The van der Waals surface area contributed by atoms with Crippen LogP contribution in [0, 0.1) is 11.6 Å². The summed E-state index contributed by atoms with van der Waals surface area (Å²) in [5.41, 5.74) is 1.37. The highest BCUT2D eigenvalue weighted by Gasteiger charge is 2.23. The number of hydrogen-bond acceptors (Lipinski definition) is 4. The Labute approximate surface area is 142 Å². The molecule has 0 saturated carbocycles. The van der Waals surface area contributed by atoms with Crippen LogP contribution in [0.1, 0.15) is 6.92 Å². The van der Waals surface area contributed by atoms with Gasteiger partial charge in [-0.3, -0.25) is 4.98 Å². The van der Waals surface area contributed by atoms with Crippen LogP contribution in [0.5, 0.6) is 5.75 Å². The molecule has 7 heteroatoms. The van der Waals surface area contributed by atoms with Gasteiger partial charge in [0, 0.05) is 12.6 Å². The first-order chi connectivity index (χ1) is 11.6. The third kappa shape index (κ3) is 2.73. The number of fused-ring (bicyclic) bond motifs is 1. The highest BCUT2D eigenvalue weighted by Crippen LogP contribution is 2.37. The van der Waals surface area contributed by atoms with Crippen LogP contribution in [-0.2, 0) is 0 Å². The van der Waals surface area contributed by atoms with Gasteiger partial charge in [0.1, 0.15) is 10.8 Å². The highest BCUT2D eigenvalue weighted by molar-refractivity contribution is 6.32. The van der Waals surface area contributed by atoms with Crippen LogP contribution in [0.3, 0.4) is 0 Å². The molecule has 0 aliphatic rings. The van der Waals surface area contributed by atoms with Crippen molar-refractivity contribution in [1.29, 1.82) is 0 Å². The molecule has 0 spiro atoms. The molecular formula is C17H14ClF2N3O. The first kappa shape index (κ1) is 16.4. The Hall–Kier alpha value is -2.47. The van der Waals surface area contributed by atoms with Gasteiger partial charge in [-0.05, 0) is 19.1 Å². The van der Waals surface area contributed by atoms with Gasteiger partial charge in [0.05, 0.1) is 30.0 Å². The highest BCUT2D eigenvalue weighted by atomic mass is 35.5. The second-order valence-electron chi connectivity index (χ2n) is 5.00. The molecule has 0 aliphatic heterocycles.